The van der Waals surface area contributed by atoms with E-state index < -0.39 is 0 Å². The van der Waals surface area contributed by atoms with Crippen LogP contribution in [0.2, 0.25) is 0 Å². The van der Waals surface area contributed by atoms with Crippen LogP contribution in [-0.4, -0.2) is 0 Å². The normalized spacial score (nSPS) is 14.8. The van der Waals surface area contributed by atoms with Crippen molar-refractivity contribution >= 4 is 5.57 Å². The summed E-state index contributed by atoms with van der Waals surface area (Å²) in [5.74, 6) is 0.682. The van der Waals surface area contributed by atoms with Crippen molar-refractivity contribution in [3.8, 4) is 0 Å². The van der Waals surface area contributed by atoms with Gasteiger partial charge in [-0.2, -0.15) is 0 Å². The predicted molar refractivity (Wildman–Crippen MR) is 96.7 cm³/mol. The van der Waals surface area contributed by atoms with Gasteiger partial charge < -0.3 is 0 Å². The van der Waals surface area contributed by atoms with Gasteiger partial charge in [0.05, 0.1) is 0 Å². The van der Waals surface area contributed by atoms with Crippen LogP contribution in [0.5, 0.6) is 0 Å². The molecular formula is C21H32. The molecule has 0 aliphatic heterocycles. The molecule has 0 aromatic heterocycles. The van der Waals surface area contributed by atoms with Gasteiger partial charge in [0.25, 0.3) is 0 Å². The zero-order valence-corrected chi connectivity index (χ0v) is 15.0. The molecule has 1 aromatic carbocycles. The number of hydrogen-bond acceptors (Lipinski definition) is 0. The van der Waals surface area contributed by atoms with Crippen LogP contribution in [0.1, 0.15) is 71.1 Å². The zero-order valence-electron chi connectivity index (χ0n) is 15.0. The van der Waals surface area contributed by atoms with Gasteiger partial charge in [-0.25, -0.2) is 0 Å². The minimum Gasteiger partial charge on any atom is -0.0683 e. The SMILES string of the molecule is CC.CCc1ccc(C2=CC(C)=C(C(C)C)CC2)cc1C. The maximum atomic E-state index is 2.40. The molecule has 1 aromatic rings. The highest BCUT2D eigenvalue weighted by Crippen LogP contribution is 2.34. The van der Waals surface area contributed by atoms with Crippen molar-refractivity contribution in [1.29, 1.82) is 0 Å². The van der Waals surface area contributed by atoms with Crippen LogP contribution in [-0.2, 0) is 6.42 Å². The summed E-state index contributed by atoms with van der Waals surface area (Å²) in [4.78, 5) is 0. The molecule has 2 rings (SSSR count). The van der Waals surface area contributed by atoms with Crippen molar-refractivity contribution in [3.05, 3.63) is 52.1 Å². The zero-order chi connectivity index (χ0) is 16.0. The first kappa shape index (κ1) is 17.8. The van der Waals surface area contributed by atoms with Crippen molar-refractivity contribution in [2.45, 2.75) is 67.7 Å². The fourth-order valence-corrected chi connectivity index (χ4v) is 3.16. The number of hydrogen-bond donors (Lipinski definition) is 0. The highest BCUT2D eigenvalue weighted by Gasteiger charge is 2.14. The summed E-state index contributed by atoms with van der Waals surface area (Å²) in [6, 6.07) is 6.95. The van der Waals surface area contributed by atoms with Crippen LogP contribution < -0.4 is 0 Å². The summed E-state index contributed by atoms with van der Waals surface area (Å²) in [5.41, 5.74) is 8.93. The van der Waals surface area contributed by atoms with Gasteiger partial charge in [0, 0.05) is 0 Å². The minimum atomic E-state index is 0.682. The fourth-order valence-electron chi connectivity index (χ4n) is 3.16. The lowest BCUT2D eigenvalue weighted by molar-refractivity contribution is 0.703. The van der Waals surface area contributed by atoms with Crippen LogP contribution in [0.4, 0.5) is 0 Å². The van der Waals surface area contributed by atoms with Gasteiger partial charge in [0.1, 0.15) is 0 Å². The van der Waals surface area contributed by atoms with Crippen LogP contribution in [0.3, 0.4) is 0 Å². The Hall–Kier alpha value is -1.30. The molecule has 0 atom stereocenters. The molecule has 21 heavy (non-hydrogen) atoms. The average molecular weight is 284 g/mol. The summed E-state index contributed by atoms with van der Waals surface area (Å²) in [7, 11) is 0. The summed E-state index contributed by atoms with van der Waals surface area (Å²) >= 11 is 0. The van der Waals surface area contributed by atoms with Crippen LogP contribution in [0.25, 0.3) is 5.57 Å². The molecule has 0 saturated carbocycles. The smallest absolute Gasteiger partial charge is 0.0221 e. The lowest BCUT2D eigenvalue weighted by Crippen LogP contribution is -2.03. The third-order valence-corrected chi connectivity index (χ3v) is 4.35. The first-order chi connectivity index (χ1) is 10.0. The summed E-state index contributed by atoms with van der Waals surface area (Å²) in [6.07, 6.45) is 5.94. The van der Waals surface area contributed by atoms with E-state index >= 15 is 0 Å². The largest absolute Gasteiger partial charge is 0.0683 e. The second-order valence-corrected chi connectivity index (χ2v) is 6.03. The second-order valence-electron chi connectivity index (χ2n) is 6.03. The van der Waals surface area contributed by atoms with E-state index in [0.717, 1.165) is 6.42 Å². The van der Waals surface area contributed by atoms with Crippen molar-refractivity contribution in [1.82, 2.24) is 0 Å². The van der Waals surface area contributed by atoms with Crippen LogP contribution in [0.15, 0.2) is 35.4 Å². The Morgan fingerprint density at radius 1 is 1.05 bits per heavy atom. The molecular weight excluding hydrogens is 252 g/mol. The molecule has 0 unspecified atom stereocenters. The van der Waals surface area contributed by atoms with E-state index in [1.165, 1.54) is 40.7 Å². The maximum Gasteiger partial charge on any atom is -0.0221 e. The number of rotatable bonds is 3. The Morgan fingerprint density at radius 3 is 2.19 bits per heavy atom. The Morgan fingerprint density at radius 2 is 1.71 bits per heavy atom. The van der Waals surface area contributed by atoms with Crippen LogP contribution >= 0.6 is 0 Å². The van der Waals surface area contributed by atoms with E-state index in [1.54, 1.807) is 5.57 Å². The molecule has 0 N–H and O–H groups in total. The van der Waals surface area contributed by atoms with Crippen LogP contribution in [0, 0.1) is 12.8 Å². The van der Waals surface area contributed by atoms with Gasteiger partial charge in [-0.15, -0.1) is 0 Å². The Kier molecular flexibility index (Phi) is 6.95. The molecule has 1 aliphatic rings. The van der Waals surface area contributed by atoms with Gasteiger partial charge in [-0.3, -0.25) is 0 Å². The number of benzene rings is 1. The third kappa shape index (κ3) is 4.33. The van der Waals surface area contributed by atoms with Gasteiger partial charge in [0.15, 0.2) is 0 Å². The second kappa shape index (κ2) is 8.22. The number of allylic oxidation sites excluding steroid dienone is 4. The van der Waals surface area contributed by atoms with Gasteiger partial charge in [-0.05, 0) is 61.3 Å². The van der Waals surface area contributed by atoms with Gasteiger partial charge in [-0.1, -0.05) is 70.0 Å². The molecule has 0 fully saturated rings. The molecule has 116 valence electrons. The highest BCUT2D eigenvalue weighted by atomic mass is 14.2. The van der Waals surface area contributed by atoms with Crippen molar-refractivity contribution in [2.75, 3.05) is 0 Å². The standard InChI is InChI=1S/C19H26.C2H6/c1-6-16-7-8-17(11-14(16)4)18-9-10-19(13(2)3)15(5)12-18;1-2/h7-8,11-13H,6,9-10H2,1-5H3;1-2H3. The first-order valence-electron chi connectivity index (χ1n) is 8.53. The quantitative estimate of drug-likeness (QED) is 0.577. The summed E-state index contributed by atoms with van der Waals surface area (Å²) in [5, 5.41) is 0. The molecule has 0 nitrogen and oxygen atoms in total. The van der Waals surface area contributed by atoms with Crippen molar-refractivity contribution < 1.29 is 0 Å². The van der Waals surface area contributed by atoms with E-state index in [0.29, 0.717) is 5.92 Å². The molecule has 0 bridgehead atoms. The van der Waals surface area contributed by atoms with Crippen molar-refractivity contribution in [2.24, 2.45) is 5.92 Å². The lowest BCUT2D eigenvalue weighted by atomic mass is 9.84. The molecule has 0 heteroatoms. The van der Waals surface area contributed by atoms with Gasteiger partial charge >= 0.3 is 0 Å². The minimum absolute atomic E-state index is 0.682. The van der Waals surface area contributed by atoms with E-state index in [2.05, 4.69) is 58.9 Å². The van der Waals surface area contributed by atoms with E-state index in [-0.39, 0.29) is 0 Å². The topological polar surface area (TPSA) is 0 Å². The molecule has 0 saturated heterocycles. The average Bonchev–Trinajstić information content (AvgIpc) is 2.48. The predicted octanol–water partition coefficient (Wildman–Crippen LogP) is 6.73. The van der Waals surface area contributed by atoms with E-state index in [1.807, 2.05) is 13.8 Å². The fraction of sp³-hybridized carbons (Fsp3) is 0.524. The monoisotopic (exact) mass is 284 g/mol. The highest BCUT2D eigenvalue weighted by molar-refractivity contribution is 5.71. The van der Waals surface area contributed by atoms with E-state index in [9.17, 15) is 0 Å². The van der Waals surface area contributed by atoms with Gasteiger partial charge in [0.2, 0.25) is 0 Å². The molecule has 0 spiro atoms. The third-order valence-electron chi connectivity index (χ3n) is 4.35. The summed E-state index contributed by atoms with van der Waals surface area (Å²) in [6.45, 7) is 15.3. The molecule has 0 amide bonds. The number of aryl methyl sites for hydroxylation is 2. The molecule has 0 radical (unpaired) electrons. The molecule has 0 heterocycles. The lowest BCUT2D eigenvalue weighted by Gasteiger charge is -2.22. The summed E-state index contributed by atoms with van der Waals surface area (Å²) < 4.78 is 0. The van der Waals surface area contributed by atoms with Crippen molar-refractivity contribution in [3.63, 3.8) is 0 Å². The molecule has 1 aliphatic carbocycles. The first-order valence-corrected chi connectivity index (χ1v) is 8.53. The Balaban J connectivity index is 0.00000106. The Labute approximate surface area is 132 Å². The maximum absolute atomic E-state index is 2.40. The Bertz CT molecular complexity index is 527. The van der Waals surface area contributed by atoms with E-state index in [4.69, 9.17) is 0 Å².